The van der Waals surface area contributed by atoms with E-state index >= 15 is 0 Å². The Morgan fingerprint density at radius 1 is 1.14 bits per heavy atom. The molecule has 1 atom stereocenters. The number of urea groups is 1. The van der Waals surface area contributed by atoms with Crippen molar-refractivity contribution in [1.29, 1.82) is 0 Å². The summed E-state index contributed by atoms with van der Waals surface area (Å²) in [5.41, 5.74) is 2.91. The molecule has 1 saturated heterocycles. The summed E-state index contributed by atoms with van der Waals surface area (Å²) in [7, 11) is 4.18. The summed E-state index contributed by atoms with van der Waals surface area (Å²) in [6.45, 7) is 5.30. The number of nitrogens with zero attached hydrogens (tertiary/aromatic N) is 3. The van der Waals surface area contributed by atoms with Crippen LogP contribution in [0.4, 0.5) is 4.79 Å². The Balaban J connectivity index is 1.40. The molecule has 0 aromatic heterocycles. The third kappa shape index (κ3) is 3.92. The number of piperazine rings is 1. The molecule has 1 aromatic carbocycles. The highest BCUT2D eigenvalue weighted by Gasteiger charge is 2.41. The van der Waals surface area contributed by atoms with E-state index < -0.39 is 0 Å². The molecular formula is C23H36N4O. The fraction of sp³-hybridized carbons (Fsp3) is 0.696. The van der Waals surface area contributed by atoms with Crippen LogP contribution in [0.15, 0.2) is 24.3 Å². The molecule has 1 unspecified atom stereocenters. The summed E-state index contributed by atoms with van der Waals surface area (Å²) >= 11 is 0. The highest BCUT2D eigenvalue weighted by molar-refractivity contribution is 5.74. The zero-order chi connectivity index (χ0) is 19.6. The third-order valence-corrected chi connectivity index (χ3v) is 7.40. The van der Waals surface area contributed by atoms with Crippen molar-refractivity contribution >= 4 is 6.03 Å². The number of fused-ring (bicyclic) bond motifs is 1. The van der Waals surface area contributed by atoms with E-state index in [0.29, 0.717) is 0 Å². The Bertz CT molecular complexity index is 677. The van der Waals surface area contributed by atoms with Gasteiger partial charge in [-0.25, -0.2) is 4.79 Å². The van der Waals surface area contributed by atoms with Crippen LogP contribution in [-0.4, -0.2) is 73.1 Å². The van der Waals surface area contributed by atoms with E-state index in [-0.39, 0.29) is 17.6 Å². The molecule has 1 aliphatic heterocycles. The summed E-state index contributed by atoms with van der Waals surface area (Å²) < 4.78 is 0. The second-order valence-electron chi connectivity index (χ2n) is 9.10. The number of carbonyl (C=O) groups is 1. The highest BCUT2D eigenvalue weighted by Crippen LogP contribution is 2.36. The Labute approximate surface area is 170 Å². The summed E-state index contributed by atoms with van der Waals surface area (Å²) in [6.07, 6.45) is 8.35. The molecule has 5 nitrogen and oxygen atoms in total. The lowest BCUT2D eigenvalue weighted by atomic mass is 9.87. The van der Waals surface area contributed by atoms with Gasteiger partial charge in [-0.1, -0.05) is 37.1 Å². The summed E-state index contributed by atoms with van der Waals surface area (Å²) in [6, 6.07) is 8.92. The van der Waals surface area contributed by atoms with Gasteiger partial charge < -0.3 is 15.1 Å². The van der Waals surface area contributed by atoms with E-state index in [9.17, 15) is 4.79 Å². The molecule has 2 aliphatic carbocycles. The smallest absolute Gasteiger partial charge is 0.317 e. The monoisotopic (exact) mass is 384 g/mol. The molecule has 0 spiro atoms. The van der Waals surface area contributed by atoms with E-state index in [2.05, 4.69) is 46.4 Å². The molecule has 3 aliphatic rings. The van der Waals surface area contributed by atoms with Gasteiger partial charge in [0.1, 0.15) is 0 Å². The van der Waals surface area contributed by atoms with Crippen molar-refractivity contribution in [2.45, 2.75) is 56.5 Å². The molecule has 0 bridgehead atoms. The molecule has 1 heterocycles. The predicted octanol–water partition coefficient (Wildman–Crippen LogP) is 3.27. The minimum Gasteiger partial charge on any atom is -0.336 e. The molecule has 154 valence electrons. The average Bonchev–Trinajstić information content (AvgIpc) is 3.21. The molecule has 1 aromatic rings. The van der Waals surface area contributed by atoms with E-state index in [1.54, 1.807) is 0 Å². The molecule has 2 amide bonds. The Hall–Kier alpha value is -1.59. The number of aryl methyl sites for hydroxylation is 1. The molecule has 0 radical (unpaired) electrons. The largest absolute Gasteiger partial charge is 0.336 e. The highest BCUT2D eigenvalue weighted by atomic mass is 16.2. The van der Waals surface area contributed by atoms with Crippen LogP contribution in [0.1, 0.15) is 55.7 Å². The van der Waals surface area contributed by atoms with Gasteiger partial charge in [-0.2, -0.15) is 0 Å². The van der Waals surface area contributed by atoms with Crippen LogP contribution in [0.5, 0.6) is 0 Å². The molecular weight excluding hydrogens is 348 g/mol. The first-order valence-electron chi connectivity index (χ1n) is 11.1. The van der Waals surface area contributed by atoms with Gasteiger partial charge in [-0.05, 0) is 50.3 Å². The first-order valence-corrected chi connectivity index (χ1v) is 11.1. The topological polar surface area (TPSA) is 38.8 Å². The number of carbonyl (C=O) groups excluding carboxylic acids is 1. The van der Waals surface area contributed by atoms with Gasteiger partial charge in [-0.3, -0.25) is 4.90 Å². The van der Waals surface area contributed by atoms with Crippen LogP contribution in [0.2, 0.25) is 0 Å². The Morgan fingerprint density at radius 3 is 2.61 bits per heavy atom. The Kier molecular flexibility index (Phi) is 5.93. The van der Waals surface area contributed by atoms with Crippen molar-refractivity contribution in [1.82, 2.24) is 20.0 Å². The first kappa shape index (κ1) is 19.7. The number of rotatable bonds is 4. The van der Waals surface area contributed by atoms with Crippen molar-refractivity contribution in [2.75, 3.05) is 46.8 Å². The zero-order valence-electron chi connectivity index (χ0n) is 17.6. The maximum Gasteiger partial charge on any atom is 0.317 e. The van der Waals surface area contributed by atoms with E-state index in [1.165, 1.54) is 36.8 Å². The van der Waals surface area contributed by atoms with E-state index in [0.717, 1.165) is 52.0 Å². The van der Waals surface area contributed by atoms with Crippen molar-refractivity contribution in [3.63, 3.8) is 0 Å². The minimum absolute atomic E-state index is 0.0853. The van der Waals surface area contributed by atoms with Crippen LogP contribution < -0.4 is 5.32 Å². The molecule has 4 rings (SSSR count). The Morgan fingerprint density at radius 2 is 1.86 bits per heavy atom. The van der Waals surface area contributed by atoms with E-state index in [4.69, 9.17) is 0 Å². The van der Waals surface area contributed by atoms with Crippen LogP contribution in [0.3, 0.4) is 0 Å². The van der Waals surface area contributed by atoms with Crippen LogP contribution in [0, 0.1) is 0 Å². The van der Waals surface area contributed by atoms with Gasteiger partial charge >= 0.3 is 6.03 Å². The lowest BCUT2D eigenvalue weighted by molar-refractivity contribution is 0.0431. The van der Waals surface area contributed by atoms with Gasteiger partial charge in [0.2, 0.25) is 0 Å². The first-order chi connectivity index (χ1) is 13.6. The summed E-state index contributed by atoms with van der Waals surface area (Å²) in [4.78, 5) is 20.1. The number of amides is 2. The maximum absolute atomic E-state index is 13.1. The molecule has 1 saturated carbocycles. The van der Waals surface area contributed by atoms with Gasteiger partial charge in [-0.15, -0.1) is 0 Å². The number of hydrogen-bond donors (Lipinski definition) is 1. The van der Waals surface area contributed by atoms with Gasteiger partial charge in [0.25, 0.3) is 0 Å². The number of benzene rings is 1. The number of nitrogens with one attached hydrogen (secondary N) is 1. The fourth-order valence-corrected chi connectivity index (χ4v) is 5.56. The predicted molar refractivity (Wildman–Crippen MR) is 114 cm³/mol. The van der Waals surface area contributed by atoms with Crippen molar-refractivity contribution < 1.29 is 4.79 Å². The SMILES string of the molecule is CN1CCN(C2(CNC(=O)N(C)C3CCCc4ccccc43)CCCC2)CC1. The standard InChI is InChI=1S/C23H36N4O/c1-25-14-16-27(17-15-25)23(12-5-6-13-23)18-24-22(28)26(2)21-11-7-9-19-8-3-4-10-20(19)21/h3-4,8,10,21H,5-7,9,11-18H2,1-2H3,(H,24,28). The molecule has 1 N–H and O–H groups in total. The molecule has 5 heteroatoms. The van der Waals surface area contributed by atoms with E-state index in [1.807, 2.05) is 11.9 Å². The van der Waals surface area contributed by atoms with Crippen LogP contribution in [0.25, 0.3) is 0 Å². The van der Waals surface area contributed by atoms with Gasteiger partial charge in [0.15, 0.2) is 0 Å². The fourth-order valence-electron chi connectivity index (χ4n) is 5.56. The average molecular weight is 385 g/mol. The zero-order valence-corrected chi connectivity index (χ0v) is 17.6. The lowest BCUT2D eigenvalue weighted by Crippen LogP contribution is -2.60. The van der Waals surface area contributed by atoms with Gasteiger partial charge in [0, 0.05) is 45.3 Å². The van der Waals surface area contributed by atoms with Crippen molar-refractivity contribution in [3.8, 4) is 0 Å². The second kappa shape index (κ2) is 8.42. The summed E-state index contributed by atoms with van der Waals surface area (Å²) in [5, 5.41) is 3.33. The molecule has 28 heavy (non-hydrogen) atoms. The second-order valence-corrected chi connectivity index (χ2v) is 9.10. The normalized spacial score (nSPS) is 25.3. The van der Waals surface area contributed by atoms with Crippen LogP contribution >= 0.6 is 0 Å². The third-order valence-electron chi connectivity index (χ3n) is 7.40. The lowest BCUT2D eigenvalue weighted by Gasteiger charge is -2.46. The van der Waals surface area contributed by atoms with Crippen molar-refractivity contribution in [3.05, 3.63) is 35.4 Å². The quantitative estimate of drug-likeness (QED) is 0.866. The van der Waals surface area contributed by atoms with Gasteiger partial charge in [0.05, 0.1) is 6.04 Å². The molecule has 2 fully saturated rings. The number of hydrogen-bond acceptors (Lipinski definition) is 3. The minimum atomic E-state index is 0.0853. The van der Waals surface area contributed by atoms with Crippen LogP contribution in [-0.2, 0) is 6.42 Å². The maximum atomic E-state index is 13.1. The number of likely N-dealkylation sites (N-methyl/N-ethyl adjacent to an activating group) is 1. The summed E-state index contributed by atoms with van der Waals surface area (Å²) in [5.74, 6) is 0. The van der Waals surface area contributed by atoms with Crippen molar-refractivity contribution in [2.24, 2.45) is 0 Å².